The Balaban J connectivity index is 2.11. The molecule has 16 heavy (non-hydrogen) atoms. The summed E-state index contributed by atoms with van der Waals surface area (Å²) < 4.78 is 0. The van der Waals surface area contributed by atoms with Crippen molar-refractivity contribution in [3.63, 3.8) is 0 Å². The minimum atomic E-state index is -0.240. The quantitative estimate of drug-likeness (QED) is 0.852. The third-order valence-electron chi connectivity index (χ3n) is 3.48. The Kier molecular flexibility index (Phi) is 3.08. The molecule has 0 amide bonds. The second-order valence-electron chi connectivity index (χ2n) is 4.89. The summed E-state index contributed by atoms with van der Waals surface area (Å²) >= 11 is 11.9. The van der Waals surface area contributed by atoms with Crippen LogP contribution >= 0.6 is 23.2 Å². The molecule has 1 fully saturated rings. The number of rotatable bonds is 2. The van der Waals surface area contributed by atoms with Crippen LogP contribution in [0.2, 0.25) is 10.0 Å². The van der Waals surface area contributed by atoms with E-state index in [1.54, 1.807) is 12.1 Å². The Morgan fingerprint density at radius 1 is 1.38 bits per heavy atom. The Bertz CT molecular complexity index is 406. The molecule has 1 saturated carbocycles. The van der Waals surface area contributed by atoms with E-state index < -0.39 is 0 Å². The molecule has 2 nitrogen and oxygen atoms in total. The number of anilines is 1. The zero-order valence-electron chi connectivity index (χ0n) is 9.30. The topological polar surface area (TPSA) is 32.3 Å². The monoisotopic (exact) mass is 259 g/mol. The molecule has 2 atom stereocenters. The van der Waals surface area contributed by atoms with E-state index >= 15 is 0 Å². The fraction of sp³-hybridized carbons (Fsp3) is 0.500. The molecule has 4 heteroatoms. The third kappa shape index (κ3) is 2.02. The van der Waals surface area contributed by atoms with Gasteiger partial charge in [-0.2, -0.15) is 0 Å². The molecule has 88 valence electrons. The molecular formula is C12H15Cl2NO. The Morgan fingerprint density at radius 3 is 2.56 bits per heavy atom. The molecule has 1 aromatic rings. The molecule has 1 aliphatic rings. The SMILES string of the molecule is CC1(C)C(O)CC1Nc1ccc(Cl)cc1Cl. The van der Waals surface area contributed by atoms with Gasteiger partial charge in [-0.05, 0) is 24.6 Å². The predicted octanol–water partition coefficient (Wildman–Crippen LogP) is 3.56. The van der Waals surface area contributed by atoms with Crippen LogP contribution in [0.3, 0.4) is 0 Å². The van der Waals surface area contributed by atoms with Gasteiger partial charge in [-0.15, -0.1) is 0 Å². The van der Waals surface area contributed by atoms with Gasteiger partial charge in [0.2, 0.25) is 0 Å². The summed E-state index contributed by atoms with van der Waals surface area (Å²) in [5, 5.41) is 14.2. The minimum Gasteiger partial charge on any atom is -0.392 e. The average Bonchev–Trinajstić information content (AvgIpc) is 2.21. The molecule has 2 rings (SSSR count). The lowest BCUT2D eigenvalue weighted by atomic mass is 9.64. The van der Waals surface area contributed by atoms with E-state index in [1.165, 1.54) is 0 Å². The van der Waals surface area contributed by atoms with Crippen LogP contribution in [-0.4, -0.2) is 17.3 Å². The number of hydrogen-bond donors (Lipinski definition) is 2. The summed E-state index contributed by atoms with van der Waals surface area (Å²) in [5.41, 5.74) is 0.763. The minimum absolute atomic E-state index is 0.108. The first-order valence-electron chi connectivity index (χ1n) is 5.31. The Labute approximate surface area is 106 Å². The lowest BCUT2D eigenvalue weighted by Gasteiger charge is -2.50. The maximum atomic E-state index is 9.64. The van der Waals surface area contributed by atoms with Gasteiger partial charge in [0.15, 0.2) is 0 Å². The summed E-state index contributed by atoms with van der Waals surface area (Å²) in [7, 11) is 0. The van der Waals surface area contributed by atoms with Gasteiger partial charge in [0.1, 0.15) is 0 Å². The van der Waals surface area contributed by atoms with E-state index in [4.69, 9.17) is 23.2 Å². The normalized spacial score (nSPS) is 27.3. The van der Waals surface area contributed by atoms with Gasteiger partial charge in [0, 0.05) is 16.5 Å². The largest absolute Gasteiger partial charge is 0.392 e. The molecule has 0 heterocycles. The van der Waals surface area contributed by atoms with Crippen molar-refractivity contribution in [3.05, 3.63) is 28.2 Å². The second-order valence-corrected chi connectivity index (χ2v) is 5.74. The van der Waals surface area contributed by atoms with Crippen LogP contribution in [0.1, 0.15) is 20.3 Å². The summed E-state index contributed by atoms with van der Waals surface area (Å²) in [5.74, 6) is 0. The van der Waals surface area contributed by atoms with E-state index in [2.05, 4.69) is 5.32 Å². The Morgan fingerprint density at radius 2 is 2.06 bits per heavy atom. The molecule has 2 unspecified atom stereocenters. The number of benzene rings is 1. The van der Waals surface area contributed by atoms with Crippen molar-refractivity contribution in [2.75, 3.05) is 5.32 Å². The molecule has 2 N–H and O–H groups in total. The van der Waals surface area contributed by atoms with Gasteiger partial charge in [-0.25, -0.2) is 0 Å². The van der Waals surface area contributed by atoms with Gasteiger partial charge in [-0.1, -0.05) is 37.0 Å². The number of hydrogen-bond acceptors (Lipinski definition) is 2. The number of aliphatic hydroxyl groups excluding tert-OH is 1. The van der Waals surface area contributed by atoms with Crippen LogP contribution in [0.15, 0.2) is 18.2 Å². The van der Waals surface area contributed by atoms with Gasteiger partial charge >= 0.3 is 0 Å². The van der Waals surface area contributed by atoms with Gasteiger partial charge in [0.25, 0.3) is 0 Å². The predicted molar refractivity (Wildman–Crippen MR) is 68.3 cm³/mol. The average molecular weight is 260 g/mol. The van der Waals surface area contributed by atoms with E-state index in [1.807, 2.05) is 19.9 Å². The lowest BCUT2D eigenvalue weighted by Crippen LogP contribution is -2.56. The highest BCUT2D eigenvalue weighted by atomic mass is 35.5. The zero-order valence-corrected chi connectivity index (χ0v) is 10.8. The maximum absolute atomic E-state index is 9.64. The fourth-order valence-corrected chi connectivity index (χ4v) is 2.40. The summed E-state index contributed by atoms with van der Waals surface area (Å²) in [6.45, 7) is 4.09. The second kappa shape index (κ2) is 4.10. The van der Waals surface area contributed by atoms with Crippen LogP contribution in [0.25, 0.3) is 0 Å². The zero-order chi connectivity index (χ0) is 11.9. The first-order valence-corrected chi connectivity index (χ1v) is 6.06. The van der Waals surface area contributed by atoms with Crippen LogP contribution in [0, 0.1) is 5.41 Å². The van der Waals surface area contributed by atoms with E-state index in [0.29, 0.717) is 10.0 Å². The Hall–Kier alpha value is -0.440. The van der Waals surface area contributed by atoms with Crippen LogP contribution in [-0.2, 0) is 0 Å². The first kappa shape index (κ1) is 12.0. The molecule has 1 aromatic carbocycles. The van der Waals surface area contributed by atoms with Crippen molar-refractivity contribution < 1.29 is 5.11 Å². The number of aliphatic hydroxyl groups is 1. The van der Waals surface area contributed by atoms with Gasteiger partial charge in [-0.3, -0.25) is 0 Å². The highest BCUT2D eigenvalue weighted by Crippen LogP contribution is 2.43. The fourth-order valence-electron chi connectivity index (χ4n) is 1.94. The van der Waals surface area contributed by atoms with E-state index in [0.717, 1.165) is 12.1 Å². The lowest BCUT2D eigenvalue weighted by molar-refractivity contribution is -0.0510. The number of halogens is 2. The van der Waals surface area contributed by atoms with Crippen molar-refractivity contribution in [2.24, 2.45) is 5.41 Å². The molecule has 1 aliphatic carbocycles. The van der Waals surface area contributed by atoms with Crippen LogP contribution < -0.4 is 5.32 Å². The van der Waals surface area contributed by atoms with E-state index in [-0.39, 0.29) is 17.6 Å². The molecule has 0 radical (unpaired) electrons. The van der Waals surface area contributed by atoms with Crippen molar-refractivity contribution in [2.45, 2.75) is 32.4 Å². The molecule has 0 aromatic heterocycles. The molecular weight excluding hydrogens is 245 g/mol. The summed E-state index contributed by atoms with van der Waals surface area (Å²) in [6.07, 6.45) is 0.516. The molecule has 0 bridgehead atoms. The van der Waals surface area contributed by atoms with Crippen molar-refractivity contribution >= 4 is 28.9 Å². The first-order chi connectivity index (χ1) is 7.41. The summed E-state index contributed by atoms with van der Waals surface area (Å²) in [6, 6.07) is 5.64. The van der Waals surface area contributed by atoms with Crippen molar-refractivity contribution in [3.8, 4) is 0 Å². The third-order valence-corrected chi connectivity index (χ3v) is 4.02. The van der Waals surface area contributed by atoms with Gasteiger partial charge < -0.3 is 10.4 Å². The highest BCUT2D eigenvalue weighted by molar-refractivity contribution is 6.36. The van der Waals surface area contributed by atoms with Crippen molar-refractivity contribution in [1.82, 2.24) is 0 Å². The van der Waals surface area contributed by atoms with Crippen LogP contribution in [0.5, 0.6) is 0 Å². The van der Waals surface area contributed by atoms with E-state index in [9.17, 15) is 5.11 Å². The van der Waals surface area contributed by atoms with Gasteiger partial charge in [0.05, 0.1) is 16.8 Å². The highest BCUT2D eigenvalue weighted by Gasteiger charge is 2.47. The standard InChI is InChI=1S/C12H15Cl2NO/c1-12(2)10(6-11(12)16)15-9-4-3-7(13)5-8(9)14/h3-5,10-11,15-16H,6H2,1-2H3. The smallest absolute Gasteiger partial charge is 0.0652 e. The number of nitrogens with one attached hydrogen (secondary N) is 1. The molecule has 0 saturated heterocycles. The maximum Gasteiger partial charge on any atom is 0.0652 e. The summed E-state index contributed by atoms with van der Waals surface area (Å²) in [4.78, 5) is 0. The van der Waals surface area contributed by atoms with Crippen molar-refractivity contribution in [1.29, 1.82) is 0 Å². The molecule has 0 spiro atoms. The molecule has 0 aliphatic heterocycles. The van der Waals surface area contributed by atoms with Crippen LogP contribution in [0.4, 0.5) is 5.69 Å².